The van der Waals surface area contributed by atoms with E-state index in [-0.39, 0.29) is 5.91 Å². The van der Waals surface area contributed by atoms with Crippen molar-refractivity contribution in [3.63, 3.8) is 0 Å². The van der Waals surface area contributed by atoms with Crippen LogP contribution in [0.5, 0.6) is 0 Å². The number of benzene rings is 1. The van der Waals surface area contributed by atoms with Crippen LogP contribution in [0, 0.1) is 0 Å². The quantitative estimate of drug-likeness (QED) is 0.498. The van der Waals surface area contributed by atoms with Crippen molar-refractivity contribution in [2.24, 2.45) is 5.16 Å². The number of anilines is 1. The van der Waals surface area contributed by atoms with E-state index < -0.39 is 0 Å². The van der Waals surface area contributed by atoms with Crippen molar-refractivity contribution in [2.45, 2.75) is 18.7 Å². The number of hydrogen-bond acceptors (Lipinski definition) is 4. The Morgan fingerprint density at radius 1 is 1.59 bits per heavy atom. The van der Waals surface area contributed by atoms with Gasteiger partial charge in [0.2, 0.25) is 5.91 Å². The Labute approximate surface area is 104 Å². The van der Waals surface area contributed by atoms with Crippen molar-refractivity contribution in [3.8, 4) is 0 Å². The normalized spacial score (nSPS) is 16.0. The van der Waals surface area contributed by atoms with Crippen molar-refractivity contribution in [2.75, 3.05) is 17.2 Å². The monoisotopic (exact) mass is 250 g/mol. The van der Waals surface area contributed by atoms with E-state index in [1.54, 1.807) is 23.6 Å². The maximum Gasteiger partial charge on any atom is 0.237 e. The van der Waals surface area contributed by atoms with Gasteiger partial charge in [0.05, 0.1) is 17.2 Å². The van der Waals surface area contributed by atoms with Gasteiger partial charge in [0.1, 0.15) is 0 Å². The Kier molecular flexibility index (Phi) is 3.38. The molecule has 5 heteroatoms. The molecule has 0 bridgehead atoms. The average molecular weight is 250 g/mol. The smallest absolute Gasteiger partial charge is 0.237 e. The second-order valence-electron chi connectivity index (χ2n) is 3.79. The number of hydrogen-bond donors (Lipinski definition) is 1. The molecule has 0 fully saturated rings. The van der Waals surface area contributed by atoms with Crippen LogP contribution >= 0.6 is 11.8 Å². The molecule has 90 valence electrons. The first-order valence-corrected chi connectivity index (χ1v) is 6.42. The van der Waals surface area contributed by atoms with Gasteiger partial charge in [0.15, 0.2) is 0 Å². The molecule has 1 amide bonds. The molecule has 0 radical (unpaired) electrons. The molecule has 1 aromatic rings. The first-order chi connectivity index (χ1) is 8.17. The molecule has 1 aromatic carbocycles. The Hall–Kier alpha value is -1.49. The SMILES string of the molecule is CCN1C(=O)CSc2ccc(C(C)=NO)cc21. The minimum Gasteiger partial charge on any atom is -0.411 e. The van der Waals surface area contributed by atoms with Crippen LogP contribution in [0.1, 0.15) is 19.4 Å². The maximum atomic E-state index is 11.8. The second kappa shape index (κ2) is 4.79. The Morgan fingerprint density at radius 3 is 3.00 bits per heavy atom. The standard InChI is InChI=1S/C12H14N2O2S/c1-3-14-10-6-9(8(2)13-16)4-5-11(10)17-7-12(14)15/h4-6,16H,3,7H2,1-2H3. The van der Waals surface area contributed by atoms with Gasteiger partial charge in [0.25, 0.3) is 0 Å². The molecular weight excluding hydrogens is 236 g/mol. The van der Waals surface area contributed by atoms with Crippen LogP contribution in [0.25, 0.3) is 0 Å². The zero-order valence-electron chi connectivity index (χ0n) is 9.80. The molecule has 0 spiro atoms. The lowest BCUT2D eigenvalue weighted by atomic mass is 10.1. The zero-order chi connectivity index (χ0) is 12.4. The highest BCUT2D eigenvalue weighted by molar-refractivity contribution is 8.00. The molecule has 1 aliphatic heterocycles. The molecule has 0 saturated heterocycles. The third-order valence-corrected chi connectivity index (χ3v) is 3.83. The van der Waals surface area contributed by atoms with Crippen molar-refractivity contribution in [3.05, 3.63) is 23.8 Å². The van der Waals surface area contributed by atoms with Gasteiger partial charge in [-0.2, -0.15) is 0 Å². The van der Waals surface area contributed by atoms with Gasteiger partial charge >= 0.3 is 0 Å². The molecule has 0 aromatic heterocycles. The summed E-state index contributed by atoms with van der Waals surface area (Å²) in [4.78, 5) is 14.6. The molecule has 17 heavy (non-hydrogen) atoms. The van der Waals surface area contributed by atoms with E-state index in [4.69, 9.17) is 5.21 Å². The van der Waals surface area contributed by atoms with E-state index in [1.807, 2.05) is 25.1 Å². The van der Waals surface area contributed by atoms with Gasteiger partial charge in [-0.1, -0.05) is 11.2 Å². The molecule has 4 nitrogen and oxygen atoms in total. The summed E-state index contributed by atoms with van der Waals surface area (Å²) in [7, 11) is 0. The van der Waals surface area contributed by atoms with Gasteiger partial charge in [-0.25, -0.2) is 0 Å². The summed E-state index contributed by atoms with van der Waals surface area (Å²) in [6, 6.07) is 5.78. The predicted molar refractivity (Wildman–Crippen MR) is 69.2 cm³/mol. The van der Waals surface area contributed by atoms with Crippen LogP contribution in [0.3, 0.4) is 0 Å². The van der Waals surface area contributed by atoms with Crippen LogP contribution in [-0.4, -0.2) is 29.1 Å². The van der Waals surface area contributed by atoms with Crippen molar-refractivity contribution in [1.82, 2.24) is 0 Å². The summed E-state index contributed by atoms with van der Waals surface area (Å²) >= 11 is 1.55. The largest absolute Gasteiger partial charge is 0.411 e. The fraction of sp³-hybridized carbons (Fsp3) is 0.333. The highest BCUT2D eigenvalue weighted by Crippen LogP contribution is 2.35. The summed E-state index contributed by atoms with van der Waals surface area (Å²) in [5.41, 5.74) is 2.29. The van der Waals surface area contributed by atoms with Crippen LogP contribution in [-0.2, 0) is 4.79 Å². The molecule has 2 rings (SSSR count). The third-order valence-electron chi connectivity index (χ3n) is 2.79. The van der Waals surface area contributed by atoms with Crippen LogP contribution in [0.4, 0.5) is 5.69 Å². The van der Waals surface area contributed by atoms with E-state index in [0.29, 0.717) is 18.0 Å². The minimum absolute atomic E-state index is 0.126. The van der Waals surface area contributed by atoms with Crippen molar-refractivity contribution in [1.29, 1.82) is 0 Å². The number of fused-ring (bicyclic) bond motifs is 1. The van der Waals surface area contributed by atoms with Gasteiger partial charge in [-0.05, 0) is 26.0 Å². The number of carbonyl (C=O) groups is 1. The fourth-order valence-corrected chi connectivity index (χ4v) is 2.75. The van der Waals surface area contributed by atoms with Gasteiger partial charge < -0.3 is 10.1 Å². The van der Waals surface area contributed by atoms with Crippen LogP contribution < -0.4 is 4.90 Å². The molecule has 0 atom stereocenters. The number of rotatable bonds is 2. The van der Waals surface area contributed by atoms with E-state index in [9.17, 15) is 4.79 Å². The lowest BCUT2D eigenvalue weighted by Crippen LogP contribution is -2.35. The predicted octanol–water partition coefficient (Wildman–Crippen LogP) is 2.34. The molecular formula is C12H14N2O2S. The third kappa shape index (κ3) is 2.15. The number of carbonyl (C=O) groups excluding carboxylic acids is 1. The molecule has 0 unspecified atom stereocenters. The van der Waals surface area contributed by atoms with Crippen molar-refractivity contribution >= 4 is 29.1 Å². The lowest BCUT2D eigenvalue weighted by Gasteiger charge is -2.28. The summed E-state index contributed by atoms with van der Waals surface area (Å²) in [5, 5.41) is 12.0. The number of oxime groups is 1. The summed E-state index contributed by atoms with van der Waals surface area (Å²) < 4.78 is 0. The van der Waals surface area contributed by atoms with E-state index in [1.165, 1.54) is 0 Å². The van der Waals surface area contributed by atoms with Crippen molar-refractivity contribution < 1.29 is 10.0 Å². The summed E-state index contributed by atoms with van der Waals surface area (Å²) in [6.45, 7) is 4.35. The van der Waals surface area contributed by atoms with Crippen LogP contribution in [0.15, 0.2) is 28.3 Å². The first-order valence-electron chi connectivity index (χ1n) is 5.43. The number of thioether (sulfide) groups is 1. The Bertz CT molecular complexity index is 485. The Morgan fingerprint density at radius 2 is 2.35 bits per heavy atom. The van der Waals surface area contributed by atoms with Gasteiger partial charge in [-0.15, -0.1) is 11.8 Å². The minimum atomic E-state index is 0.126. The zero-order valence-corrected chi connectivity index (χ0v) is 10.6. The highest BCUT2D eigenvalue weighted by atomic mass is 32.2. The topological polar surface area (TPSA) is 52.9 Å². The fourth-order valence-electron chi connectivity index (χ4n) is 1.83. The lowest BCUT2D eigenvalue weighted by molar-refractivity contribution is -0.116. The summed E-state index contributed by atoms with van der Waals surface area (Å²) in [5.74, 6) is 0.619. The van der Waals surface area contributed by atoms with Crippen LogP contribution in [0.2, 0.25) is 0 Å². The molecule has 1 N–H and O–H groups in total. The average Bonchev–Trinajstić information content (AvgIpc) is 2.37. The first kappa shape index (κ1) is 12.0. The number of nitrogens with zero attached hydrogens (tertiary/aromatic N) is 2. The Balaban J connectivity index is 2.49. The van der Waals surface area contributed by atoms with Gasteiger partial charge in [0, 0.05) is 17.0 Å². The van der Waals surface area contributed by atoms with Gasteiger partial charge in [-0.3, -0.25) is 4.79 Å². The molecule has 1 heterocycles. The maximum absolute atomic E-state index is 11.8. The molecule has 0 saturated carbocycles. The second-order valence-corrected chi connectivity index (χ2v) is 4.81. The molecule has 0 aliphatic carbocycles. The molecule has 1 aliphatic rings. The summed E-state index contributed by atoms with van der Waals surface area (Å²) in [6.07, 6.45) is 0. The number of amides is 1. The van der Waals surface area contributed by atoms with E-state index in [0.717, 1.165) is 16.1 Å². The van der Waals surface area contributed by atoms with E-state index in [2.05, 4.69) is 5.16 Å². The highest BCUT2D eigenvalue weighted by Gasteiger charge is 2.23. The van der Waals surface area contributed by atoms with E-state index >= 15 is 0 Å².